The Balaban J connectivity index is 1.67. The summed E-state index contributed by atoms with van der Waals surface area (Å²) in [5.41, 5.74) is 11.2. The van der Waals surface area contributed by atoms with Crippen LogP contribution in [-0.4, -0.2) is 20.9 Å². The van der Waals surface area contributed by atoms with E-state index in [-0.39, 0.29) is 11.8 Å². The van der Waals surface area contributed by atoms with E-state index in [2.05, 4.69) is 0 Å². The summed E-state index contributed by atoms with van der Waals surface area (Å²) in [4.78, 5) is 29.2. The molecule has 1 aliphatic rings. The topological polar surface area (TPSA) is 73.3 Å². The van der Waals surface area contributed by atoms with E-state index in [9.17, 15) is 9.59 Å². The van der Waals surface area contributed by atoms with Gasteiger partial charge in [-0.3, -0.25) is 9.59 Å². The van der Waals surface area contributed by atoms with Crippen molar-refractivity contribution in [3.8, 4) is 0 Å². The molecule has 0 saturated carbocycles. The van der Waals surface area contributed by atoms with Crippen molar-refractivity contribution in [1.82, 2.24) is 9.13 Å². The van der Waals surface area contributed by atoms with Gasteiger partial charge in [0.1, 0.15) is 0 Å². The van der Waals surface area contributed by atoms with Crippen molar-refractivity contribution in [2.24, 2.45) is 14.1 Å². The second-order valence-electron chi connectivity index (χ2n) is 8.63. The molecular formula is C28H22N4O2. The summed E-state index contributed by atoms with van der Waals surface area (Å²) in [5, 5.41) is 1.86. The Bertz CT molecular complexity index is 1570. The van der Waals surface area contributed by atoms with E-state index in [1.165, 1.54) is 4.90 Å². The molecule has 0 unspecified atom stereocenters. The van der Waals surface area contributed by atoms with Crippen molar-refractivity contribution in [2.75, 3.05) is 10.6 Å². The van der Waals surface area contributed by atoms with Crippen LogP contribution in [0.25, 0.3) is 33.0 Å². The summed E-state index contributed by atoms with van der Waals surface area (Å²) < 4.78 is 3.98. The van der Waals surface area contributed by atoms with Crippen molar-refractivity contribution in [3.05, 3.63) is 96.3 Å². The molecule has 5 aromatic rings. The predicted molar refractivity (Wildman–Crippen MR) is 136 cm³/mol. The number of aryl methyl sites for hydroxylation is 2. The van der Waals surface area contributed by atoms with Crippen LogP contribution in [0.1, 0.15) is 11.1 Å². The van der Waals surface area contributed by atoms with Crippen LogP contribution in [0.5, 0.6) is 0 Å². The maximum Gasteiger partial charge on any atom is 0.266 e. The van der Waals surface area contributed by atoms with Crippen molar-refractivity contribution in [2.45, 2.75) is 0 Å². The molecule has 0 bridgehead atoms. The van der Waals surface area contributed by atoms with Gasteiger partial charge in [0.15, 0.2) is 0 Å². The van der Waals surface area contributed by atoms with Gasteiger partial charge in [0, 0.05) is 65.1 Å². The van der Waals surface area contributed by atoms with Crippen LogP contribution in [0, 0.1) is 0 Å². The Morgan fingerprint density at radius 1 is 0.618 bits per heavy atom. The van der Waals surface area contributed by atoms with Gasteiger partial charge >= 0.3 is 0 Å². The number of fused-ring (bicyclic) bond motifs is 2. The molecule has 34 heavy (non-hydrogen) atoms. The molecule has 6 rings (SSSR count). The van der Waals surface area contributed by atoms with Gasteiger partial charge in [-0.1, -0.05) is 36.4 Å². The average molecular weight is 447 g/mol. The van der Waals surface area contributed by atoms with E-state index in [0.29, 0.717) is 22.5 Å². The van der Waals surface area contributed by atoms with Gasteiger partial charge < -0.3 is 14.9 Å². The molecule has 3 heterocycles. The van der Waals surface area contributed by atoms with Crippen molar-refractivity contribution < 1.29 is 9.59 Å². The number of nitrogens with two attached hydrogens (primary N) is 1. The van der Waals surface area contributed by atoms with E-state index < -0.39 is 0 Å². The summed E-state index contributed by atoms with van der Waals surface area (Å²) in [5.74, 6) is -0.678. The number of benzene rings is 3. The quantitative estimate of drug-likeness (QED) is 0.321. The summed E-state index contributed by atoms with van der Waals surface area (Å²) in [6, 6.07) is 22.6. The fraction of sp³-hybridized carbons (Fsp3) is 0.0714. The number of hydrogen-bond donors (Lipinski definition) is 1. The summed E-state index contributed by atoms with van der Waals surface area (Å²) in [7, 11) is 3.89. The highest BCUT2D eigenvalue weighted by Crippen LogP contribution is 2.43. The van der Waals surface area contributed by atoms with Crippen LogP contribution in [0.4, 0.5) is 11.4 Å². The number of nitrogen functional groups attached to an aromatic ring is 1. The molecule has 1 aliphatic heterocycles. The molecule has 0 saturated heterocycles. The van der Waals surface area contributed by atoms with Crippen LogP contribution in [0.3, 0.4) is 0 Å². The summed E-state index contributed by atoms with van der Waals surface area (Å²) in [6.45, 7) is 0. The maximum atomic E-state index is 14.0. The summed E-state index contributed by atoms with van der Waals surface area (Å²) >= 11 is 0. The van der Waals surface area contributed by atoms with E-state index in [1.807, 2.05) is 84.2 Å². The number of amides is 2. The lowest BCUT2D eigenvalue weighted by Gasteiger charge is -2.15. The van der Waals surface area contributed by atoms with Gasteiger partial charge in [0.25, 0.3) is 11.8 Å². The molecular weight excluding hydrogens is 424 g/mol. The number of nitrogens with zero attached hydrogens (tertiary/aromatic N) is 3. The minimum absolute atomic E-state index is 0.339. The standard InChI is InChI=1S/C28H22N4O2/c1-30-15-21(19-7-3-5-9-23(19)30)25-26(22-16-31(2)24-10-6-4-8-20(22)24)28(34)32(27(25)33)18-13-11-17(29)12-14-18/h3-16H,29H2,1-2H3. The van der Waals surface area contributed by atoms with Gasteiger partial charge in [-0.05, 0) is 36.4 Å². The lowest BCUT2D eigenvalue weighted by Crippen LogP contribution is -2.31. The molecule has 2 N–H and O–H groups in total. The van der Waals surface area contributed by atoms with Crippen molar-refractivity contribution in [1.29, 1.82) is 0 Å². The van der Waals surface area contributed by atoms with Crippen LogP contribution in [-0.2, 0) is 23.7 Å². The highest BCUT2D eigenvalue weighted by molar-refractivity contribution is 6.58. The molecule has 0 radical (unpaired) electrons. The smallest absolute Gasteiger partial charge is 0.266 e. The minimum atomic E-state index is -0.339. The van der Waals surface area contributed by atoms with Crippen LogP contribution >= 0.6 is 0 Å². The number of rotatable bonds is 3. The van der Waals surface area contributed by atoms with Crippen LogP contribution < -0.4 is 10.6 Å². The van der Waals surface area contributed by atoms with Gasteiger partial charge in [0.05, 0.1) is 16.8 Å². The largest absolute Gasteiger partial charge is 0.399 e. The fourth-order valence-corrected chi connectivity index (χ4v) is 4.97. The molecule has 6 heteroatoms. The number of imide groups is 1. The fourth-order valence-electron chi connectivity index (χ4n) is 4.97. The molecule has 6 nitrogen and oxygen atoms in total. The molecule has 166 valence electrons. The highest BCUT2D eigenvalue weighted by atomic mass is 16.2. The molecule has 0 atom stereocenters. The van der Waals surface area contributed by atoms with E-state index in [0.717, 1.165) is 32.9 Å². The van der Waals surface area contributed by atoms with E-state index in [1.54, 1.807) is 24.3 Å². The Labute approximate surface area is 196 Å². The zero-order chi connectivity index (χ0) is 23.6. The first-order valence-corrected chi connectivity index (χ1v) is 11.0. The lowest BCUT2D eigenvalue weighted by molar-refractivity contribution is -0.119. The zero-order valence-corrected chi connectivity index (χ0v) is 18.8. The lowest BCUT2D eigenvalue weighted by atomic mass is 9.95. The third-order valence-electron chi connectivity index (χ3n) is 6.57. The van der Waals surface area contributed by atoms with Crippen LogP contribution in [0.15, 0.2) is 85.2 Å². The monoisotopic (exact) mass is 446 g/mol. The molecule has 0 aliphatic carbocycles. The van der Waals surface area contributed by atoms with Gasteiger partial charge in [-0.25, -0.2) is 4.90 Å². The number of aromatic nitrogens is 2. The first-order chi connectivity index (χ1) is 16.5. The Kier molecular flexibility index (Phi) is 4.26. The zero-order valence-electron chi connectivity index (χ0n) is 18.8. The van der Waals surface area contributed by atoms with Crippen molar-refractivity contribution >= 4 is 56.1 Å². The van der Waals surface area contributed by atoms with E-state index in [4.69, 9.17) is 5.73 Å². The second-order valence-corrected chi connectivity index (χ2v) is 8.63. The minimum Gasteiger partial charge on any atom is -0.399 e. The Hall–Kier alpha value is -4.58. The summed E-state index contributed by atoms with van der Waals surface area (Å²) in [6.07, 6.45) is 3.87. The number of anilines is 2. The maximum absolute atomic E-state index is 14.0. The van der Waals surface area contributed by atoms with Crippen molar-refractivity contribution in [3.63, 3.8) is 0 Å². The molecule has 0 spiro atoms. The third kappa shape index (κ3) is 2.75. The predicted octanol–water partition coefficient (Wildman–Crippen LogP) is 4.74. The number of carbonyl (C=O) groups excluding carboxylic acids is 2. The number of para-hydroxylation sites is 2. The number of hydrogen-bond acceptors (Lipinski definition) is 3. The molecule has 2 amide bonds. The highest BCUT2D eigenvalue weighted by Gasteiger charge is 2.42. The number of carbonyl (C=O) groups is 2. The normalized spacial score (nSPS) is 14.2. The molecule has 0 fully saturated rings. The van der Waals surface area contributed by atoms with Gasteiger partial charge in [-0.15, -0.1) is 0 Å². The Morgan fingerprint density at radius 3 is 1.53 bits per heavy atom. The first kappa shape index (κ1) is 20.1. The van der Waals surface area contributed by atoms with Gasteiger partial charge in [-0.2, -0.15) is 0 Å². The molecule has 2 aromatic heterocycles. The third-order valence-corrected chi connectivity index (χ3v) is 6.57. The van der Waals surface area contributed by atoms with Crippen LogP contribution in [0.2, 0.25) is 0 Å². The average Bonchev–Trinajstić information content (AvgIpc) is 3.44. The first-order valence-electron chi connectivity index (χ1n) is 11.0. The molecule has 3 aromatic carbocycles. The second kappa shape index (κ2) is 7.22. The Morgan fingerprint density at radius 2 is 1.06 bits per heavy atom. The van der Waals surface area contributed by atoms with E-state index >= 15 is 0 Å². The van der Waals surface area contributed by atoms with Gasteiger partial charge in [0.2, 0.25) is 0 Å². The SMILES string of the molecule is Cn1cc(C2=C(c3cn(C)c4ccccc34)C(=O)N(c3ccc(N)cc3)C2=O)c2ccccc21.